The molecule has 138 valence electrons. The molecule has 3 aromatic rings. The van der Waals surface area contributed by atoms with Crippen LogP contribution in [0.25, 0.3) is 11.0 Å². The quantitative estimate of drug-likeness (QED) is 0.570. The highest BCUT2D eigenvalue weighted by Crippen LogP contribution is 2.24. The van der Waals surface area contributed by atoms with Gasteiger partial charge in [-0.1, -0.05) is 30.3 Å². The molecule has 0 aliphatic carbocycles. The fraction of sp³-hybridized carbons (Fsp3) is 0.238. The van der Waals surface area contributed by atoms with Gasteiger partial charge in [0.25, 0.3) is 0 Å². The third-order valence-corrected chi connectivity index (χ3v) is 4.70. The van der Waals surface area contributed by atoms with Crippen LogP contribution in [-0.4, -0.2) is 38.4 Å². The number of nitrogens with one attached hydrogen (secondary N) is 1. The number of fused-ring (bicyclic) bond motifs is 1. The van der Waals surface area contributed by atoms with Crippen LogP contribution in [0.2, 0.25) is 0 Å². The maximum Gasteiger partial charge on any atom is 0.307 e. The fourth-order valence-corrected chi connectivity index (χ4v) is 3.20. The molecule has 1 aliphatic heterocycles. The molecule has 6 heteroatoms. The first-order valence-electron chi connectivity index (χ1n) is 8.96. The summed E-state index contributed by atoms with van der Waals surface area (Å²) in [6.07, 6.45) is 1.62. The average Bonchev–Trinajstić information content (AvgIpc) is 3.06. The van der Waals surface area contributed by atoms with E-state index in [4.69, 9.17) is 9.15 Å². The Balaban J connectivity index is 1.40. The molecular weight excluding hydrogens is 342 g/mol. The highest BCUT2D eigenvalue weighted by atomic mass is 16.5. The summed E-state index contributed by atoms with van der Waals surface area (Å²) in [6.45, 7) is 5.20. The molecule has 6 nitrogen and oxygen atoms in total. The Kier molecular flexibility index (Phi) is 4.89. The molecule has 0 saturated carbocycles. The van der Waals surface area contributed by atoms with Gasteiger partial charge in [0.15, 0.2) is 5.76 Å². The summed E-state index contributed by atoms with van der Waals surface area (Å²) < 4.78 is 11.0. The van der Waals surface area contributed by atoms with Crippen molar-refractivity contribution in [2.24, 2.45) is 5.10 Å². The first-order valence-corrected chi connectivity index (χ1v) is 8.96. The van der Waals surface area contributed by atoms with E-state index in [-0.39, 0.29) is 11.7 Å². The van der Waals surface area contributed by atoms with Crippen molar-refractivity contribution in [1.82, 2.24) is 5.43 Å². The molecule has 1 aliphatic rings. The average molecular weight is 363 g/mol. The summed E-state index contributed by atoms with van der Waals surface area (Å²) in [5.74, 6) is -0.0686. The van der Waals surface area contributed by atoms with Gasteiger partial charge in [0, 0.05) is 29.7 Å². The minimum atomic E-state index is -0.357. The Morgan fingerprint density at radius 1 is 1.11 bits per heavy atom. The monoisotopic (exact) mass is 363 g/mol. The maximum absolute atomic E-state index is 12.3. The molecule has 0 unspecified atom stereocenters. The van der Waals surface area contributed by atoms with Crippen LogP contribution >= 0.6 is 0 Å². The van der Waals surface area contributed by atoms with Gasteiger partial charge in [-0.2, -0.15) is 5.10 Å². The number of hydrogen-bond acceptors (Lipinski definition) is 5. The van der Waals surface area contributed by atoms with Crippen LogP contribution in [-0.2, 0) is 4.74 Å². The van der Waals surface area contributed by atoms with Crippen molar-refractivity contribution in [2.45, 2.75) is 6.92 Å². The molecular formula is C21H21N3O3. The standard InChI is InChI=1S/C21H21N3O3/c1-15-18-4-2-3-5-19(18)27-20(15)21(25)23-22-14-16-6-8-17(9-7-16)24-10-12-26-13-11-24/h2-9,14H,10-13H2,1H3,(H,23,25)/b22-14+. The normalized spacial score (nSPS) is 14.8. The van der Waals surface area contributed by atoms with E-state index in [1.807, 2.05) is 43.3 Å². The molecule has 27 heavy (non-hydrogen) atoms. The molecule has 0 bridgehead atoms. The van der Waals surface area contributed by atoms with Gasteiger partial charge in [-0.3, -0.25) is 4.79 Å². The van der Waals surface area contributed by atoms with Crippen LogP contribution in [0.15, 0.2) is 58.0 Å². The molecule has 0 atom stereocenters. The zero-order valence-electron chi connectivity index (χ0n) is 15.1. The predicted molar refractivity (Wildman–Crippen MR) is 105 cm³/mol. The largest absolute Gasteiger partial charge is 0.451 e. The van der Waals surface area contributed by atoms with Crippen LogP contribution in [0.5, 0.6) is 0 Å². The van der Waals surface area contributed by atoms with E-state index in [2.05, 4.69) is 27.6 Å². The minimum absolute atomic E-state index is 0.288. The molecule has 0 spiro atoms. The lowest BCUT2D eigenvalue weighted by molar-refractivity contribution is 0.0929. The molecule has 2 heterocycles. The van der Waals surface area contributed by atoms with Crippen LogP contribution < -0.4 is 10.3 Å². The summed E-state index contributed by atoms with van der Waals surface area (Å²) in [7, 11) is 0. The van der Waals surface area contributed by atoms with Gasteiger partial charge in [0.05, 0.1) is 19.4 Å². The summed E-state index contributed by atoms with van der Waals surface area (Å²) in [4.78, 5) is 14.6. The van der Waals surface area contributed by atoms with Crippen molar-refractivity contribution in [2.75, 3.05) is 31.2 Å². The van der Waals surface area contributed by atoms with Gasteiger partial charge in [-0.05, 0) is 30.7 Å². The number of anilines is 1. The Hall–Kier alpha value is -3.12. The number of ether oxygens (including phenoxy) is 1. The Labute approximate surface area is 157 Å². The van der Waals surface area contributed by atoms with E-state index in [0.717, 1.165) is 48.5 Å². The highest BCUT2D eigenvalue weighted by Gasteiger charge is 2.16. The first-order chi connectivity index (χ1) is 13.2. The van der Waals surface area contributed by atoms with Crippen molar-refractivity contribution in [3.05, 3.63) is 65.4 Å². The van der Waals surface area contributed by atoms with Crippen molar-refractivity contribution in [3.63, 3.8) is 0 Å². The zero-order valence-corrected chi connectivity index (χ0v) is 15.1. The van der Waals surface area contributed by atoms with Crippen molar-refractivity contribution >= 4 is 28.8 Å². The number of amides is 1. The fourth-order valence-electron chi connectivity index (χ4n) is 3.20. The predicted octanol–water partition coefficient (Wildman–Crippen LogP) is 3.34. The number of benzene rings is 2. The number of hydrogen-bond donors (Lipinski definition) is 1. The first kappa shape index (κ1) is 17.3. The number of furan rings is 1. The number of rotatable bonds is 4. The number of hydrazone groups is 1. The van der Waals surface area contributed by atoms with Gasteiger partial charge in [0.2, 0.25) is 0 Å². The topological polar surface area (TPSA) is 67.1 Å². The minimum Gasteiger partial charge on any atom is -0.451 e. The van der Waals surface area contributed by atoms with Gasteiger partial charge in [-0.15, -0.1) is 0 Å². The second-order valence-corrected chi connectivity index (χ2v) is 6.44. The van der Waals surface area contributed by atoms with Crippen LogP contribution in [0, 0.1) is 6.92 Å². The van der Waals surface area contributed by atoms with E-state index in [1.165, 1.54) is 0 Å². The molecule has 1 amide bonds. The SMILES string of the molecule is Cc1c(C(=O)N/N=C/c2ccc(N3CCOCC3)cc2)oc2ccccc12. The van der Waals surface area contributed by atoms with Crippen LogP contribution in [0.3, 0.4) is 0 Å². The van der Waals surface area contributed by atoms with E-state index in [9.17, 15) is 4.79 Å². The van der Waals surface area contributed by atoms with E-state index in [1.54, 1.807) is 6.21 Å². The van der Waals surface area contributed by atoms with Crippen LogP contribution in [0.4, 0.5) is 5.69 Å². The molecule has 4 rings (SSSR count). The van der Waals surface area contributed by atoms with E-state index < -0.39 is 0 Å². The second kappa shape index (κ2) is 7.63. The smallest absolute Gasteiger partial charge is 0.307 e. The van der Waals surface area contributed by atoms with Crippen molar-refractivity contribution in [1.29, 1.82) is 0 Å². The lowest BCUT2D eigenvalue weighted by Crippen LogP contribution is -2.36. The van der Waals surface area contributed by atoms with Gasteiger partial charge in [0.1, 0.15) is 5.58 Å². The molecule has 1 aromatic heterocycles. The zero-order chi connectivity index (χ0) is 18.6. The Bertz CT molecular complexity index is 970. The van der Waals surface area contributed by atoms with Gasteiger partial charge < -0.3 is 14.1 Å². The van der Waals surface area contributed by atoms with Crippen LogP contribution in [0.1, 0.15) is 21.7 Å². The number of aryl methyl sites for hydroxylation is 1. The number of carbonyl (C=O) groups excluding carboxylic acids is 1. The number of morpholine rings is 1. The van der Waals surface area contributed by atoms with E-state index >= 15 is 0 Å². The number of para-hydroxylation sites is 1. The summed E-state index contributed by atoms with van der Waals surface area (Å²) in [6, 6.07) is 15.6. The lowest BCUT2D eigenvalue weighted by atomic mass is 10.1. The summed E-state index contributed by atoms with van der Waals surface area (Å²) in [5.41, 5.74) is 6.12. The van der Waals surface area contributed by atoms with Crippen molar-refractivity contribution < 1.29 is 13.9 Å². The summed E-state index contributed by atoms with van der Waals surface area (Å²) >= 11 is 0. The van der Waals surface area contributed by atoms with E-state index in [0.29, 0.717) is 5.58 Å². The van der Waals surface area contributed by atoms with Gasteiger partial charge >= 0.3 is 5.91 Å². The van der Waals surface area contributed by atoms with Crippen molar-refractivity contribution in [3.8, 4) is 0 Å². The second-order valence-electron chi connectivity index (χ2n) is 6.44. The third kappa shape index (κ3) is 3.71. The van der Waals surface area contributed by atoms with Gasteiger partial charge in [-0.25, -0.2) is 5.43 Å². The molecule has 1 fully saturated rings. The molecule has 0 radical (unpaired) electrons. The third-order valence-electron chi connectivity index (χ3n) is 4.70. The Morgan fingerprint density at radius 3 is 2.59 bits per heavy atom. The molecule has 2 aromatic carbocycles. The number of carbonyl (C=O) groups is 1. The highest BCUT2D eigenvalue weighted by molar-refractivity contribution is 5.99. The molecule has 1 N–H and O–H groups in total. The number of nitrogens with zero attached hydrogens (tertiary/aromatic N) is 2. The Morgan fingerprint density at radius 2 is 1.85 bits per heavy atom. The molecule has 1 saturated heterocycles. The lowest BCUT2D eigenvalue weighted by Gasteiger charge is -2.28. The maximum atomic E-state index is 12.3. The summed E-state index contributed by atoms with van der Waals surface area (Å²) in [5, 5.41) is 4.99.